The first kappa shape index (κ1) is 15.2. The van der Waals surface area contributed by atoms with Gasteiger partial charge in [-0.25, -0.2) is 4.98 Å². The average molecular weight is 394 g/mol. The molecule has 0 fully saturated rings. The number of benzene rings is 2. The van der Waals surface area contributed by atoms with E-state index < -0.39 is 0 Å². The number of amides is 1. The predicted octanol–water partition coefficient (Wildman–Crippen LogP) is 5.48. The van der Waals surface area contributed by atoms with Gasteiger partial charge in [-0.05, 0) is 40.2 Å². The van der Waals surface area contributed by atoms with Crippen molar-refractivity contribution in [3.8, 4) is 11.3 Å². The standard InChI is InChI=1S/C16H10BrClN2OS/c17-13-4-2-1-3-12(13)15(21)20-16-19-14(9-22-16)10-5-7-11(18)8-6-10/h1-9H,(H,19,20,21). The molecular formula is C16H10BrClN2OS. The zero-order valence-corrected chi connectivity index (χ0v) is 14.4. The third kappa shape index (κ3) is 3.38. The number of nitrogens with one attached hydrogen (secondary N) is 1. The van der Waals surface area contributed by atoms with Crippen LogP contribution in [0.4, 0.5) is 5.13 Å². The summed E-state index contributed by atoms with van der Waals surface area (Å²) in [6.07, 6.45) is 0. The fourth-order valence-electron chi connectivity index (χ4n) is 1.89. The summed E-state index contributed by atoms with van der Waals surface area (Å²) in [5.41, 5.74) is 2.34. The number of carbonyl (C=O) groups is 1. The summed E-state index contributed by atoms with van der Waals surface area (Å²) in [6, 6.07) is 14.7. The Labute approximate surface area is 145 Å². The van der Waals surface area contributed by atoms with Gasteiger partial charge in [0, 0.05) is 20.4 Å². The van der Waals surface area contributed by atoms with Crippen LogP contribution in [0.15, 0.2) is 58.4 Å². The molecule has 110 valence electrons. The second kappa shape index (κ2) is 6.60. The molecule has 0 aliphatic carbocycles. The summed E-state index contributed by atoms with van der Waals surface area (Å²) in [5, 5.41) is 5.96. The van der Waals surface area contributed by atoms with Crippen molar-refractivity contribution in [2.45, 2.75) is 0 Å². The van der Waals surface area contributed by atoms with Crippen LogP contribution in [-0.2, 0) is 0 Å². The highest BCUT2D eigenvalue weighted by atomic mass is 79.9. The summed E-state index contributed by atoms with van der Waals surface area (Å²) >= 11 is 10.6. The van der Waals surface area contributed by atoms with Gasteiger partial charge in [-0.15, -0.1) is 11.3 Å². The Morgan fingerprint density at radius 2 is 1.86 bits per heavy atom. The Bertz CT molecular complexity index is 817. The molecule has 1 N–H and O–H groups in total. The van der Waals surface area contributed by atoms with Gasteiger partial charge in [0.15, 0.2) is 5.13 Å². The van der Waals surface area contributed by atoms with Crippen molar-refractivity contribution in [2.24, 2.45) is 0 Å². The number of rotatable bonds is 3. The Balaban J connectivity index is 1.78. The fraction of sp³-hybridized carbons (Fsp3) is 0. The lowest BCUT2D eigenvalue weighted by Crippen LogP contribution is -2.12. The number of hydrogen-bond acceptors (Lipinski definition) is 3. The summed E-state index contributed by atoms with van der Waals surface area (Å²) < 4.78 is 0.752. The lowest BCUT2D eigenvalue weighted by molar-refractivity contribution is 0.102. The SMILES string of the molecule is O=C(Nc1nc(-c2ccc(Cl)cc2)cs1)c1ccccc1Br. The van der Waals surface area contributed by atoms with E-state index in [1.54, 1.807) is 6.07 Å². The molecule has 0 aliphatic rings. The van der Waals surface area contributed by atoms with Gasteiger partial charge in [-0.1, -0.05) is 35.9 Å². The second-order valence-electron chi connectivity index (χ2n) is 4.48. The van der Waals surface area contributed by atoms with Crippen LogP contribution >= 0.6 is 38.9 Å². The Morgan fingerprint density at radius 1 is 1.14 bits per heavy atom. The van der Waals surface area contributed by atoms with Crippen LogP contribution < -0.4 is 5.32 Å². The molecule has 1 amide bonds. The second-order valence-corrected chi connectivity index (χ2v) is 6.63. The lowest BCUT2D eigenvalue weighted by Gasteiger charge is -2.03. The fourth-order valence-corrected chi connectivity index (χ4v) is 3.20. The highest BCUT2D eigenvalue weighted by Crippen LogP contribution is 2.26. The first-order valence-electron chi connectivity index (χ1n) is 6.41. The van der Waals surface area contributed by atoms with Gasteiger partial charge >= 0.3 is 0 Å². The van der Waals surface area contributed by atoms with Crippen molar-refractivity contribution in [3.05, 3.63) is 69.0 Å². The molecule has 0 spiro atoms. The minimum absolute atomic E-state index is 0.190. The zero-order chi connectivity index (χ0) is 15.5. The Hall–Kier alpha value is -1.69. The molecule has 0 bridgehead atoms. The van der Waals surface area contributed by atoms with Gasteiger partial charge < -0.3 is 0 Å². The van der Waals surface area contributed by atoms with E-state index in [1.807, 2.05) is 47.8 Å². The van der Waals surface area contributed by atoms with Crippen LogP contribution in [0.2, 0.25) is 5.02 Å². The quantitative estimate of drug-likeness (QED) is 0.640. The molecule has 1 heterocycles. The molecule has 22 heavy (non-hydrogen) atoms. The number of anilines is 1. The summed E-state index contributed by atoms with van der Waals surface area (Å²) in [5.74, 6) is -0.190. The maximum atomic E-state index is 12.2. The van der Waals surface area contributed by atoms with E-state index in [0.717, 1.165) is 15.7 Å². The molecular weight excluding hydrogens is 384 g/mol. The van der Waals surface area contributed by atoms with Gasteiger partial charge in [0.05, 0.1) is 11.3 Å². The van der Waals surface area contributed by atoms with E-state index in [9.17, 15) is 4.79 Å². The van der Waals surface area contributed by atoms with E-state index in [4.69, 9.17) is 11.6 Å². The number of hydrogen-bond donors (Lipinski definition) is 1. The first-order valence-corrected chi connectivity index (χ1v) is 8.46. The number of thiazole rings is 1. The number of nitrogens with zero attached hydrogens (tertiary/aromatic N) is 1. The van der Waals surface area contributed by atoms with Crippen molar-refractivity contribution in [3.63, 3.8) is 0 Å². The van der Waals surface area contributed by atoms with Gasteiger partial charge in [0.25, 0.3) is 5.91 Å². The van der Waals surface area contributed by atoms with Crippen LogP contribution in [-0.4, -0.2) is 10.9 Å². The molecule has 3 nitrogen and oxygen atoms in total. The topological polar surface area (TPSA) is 42.0 Å². The summed E-state index contributed by atoms with van der Waals surface area (Å²) in [6.45, 7) is 0. The smallest absolute Gasteiger partial charge is 0.258 e. The van der Waals surface area contributed by atoms with Gasteiger partial charge in [-0.2, -0.15) is 0 Å². The van der Waals surface area contributed by atoms with E-state index in [0.29, 0.717) is 15.7 Å². The van der Waals surface area contributed by atoms with Crippen LogP contribution in [0, 0.1) is 0 Å². The Morgan fingerprint density at radius 3 is 2.59 bits per heavy atom. The van der Waals surface area contributed by atoms with Crippen molar-refractivity contribution in [1.29, 1.82) is 0 Å². The van der Waals surface area contributed by atoms with E-state index in [-0.39, 0.29) is 5.91 Å². The zero-order valence-electron chi connectivity index (χ0n) is 11.2. The van der Waals surface area contributed by atoms with Crippen LogP contribution in [0.25, 0.3) is 11.3 Å². The highest BCUT2D eigenvalue weighted by Gasteiger charge is 2.12. The third-order valence-electron chi connectivity index (χ3n) is 2.98. The van der Waals surface area contributed by atoms with Crippen molar-refractivity contribution in [1.82, 2.24) is 4.98 Å². The number of carbonyl (C=O) groups excluding carboxylic acids is 1. The largest absolute Gasteiger partial charge is 0.298 e. The normalized spacial score (nSPS) is 10.5. The summed E-state index contributed by atoms with van der Waals surface area (Å²) in [7, 11) is 0. The van der Waals surface area contributed by atoms with Crippen molar-refractivity contribution in [2.75, 3.05) is 5.32 Å². The number of aromatic nitrogens is 1. The minimum atomic E-state index is -0.190. The molecule has 0 radical (unpaired) electrons. The van der Waals surface area contributed by atoms with Crippen LogP contribution in [0.5, 0.6) is 0 Å². The first-order chi connectivity index (χ1) is 10.6. The molecule has 3 rings (SSSR count). The molecule has 0 saturated carbocycles. The van der Waals surface area contributed by atoms with Crippen molar-refractivity contribution < 1.29 is 4.79 Å². The van der Waals surface area contributed by atoms with Crippen LogP contribution in [0.1, 0.15) is 10.4 Å². The third-order valence-corrected chi connectivity index (χ3v) is 4.68. The van der Waals surface area contributed by atoms with Gasteiger partial charge in [-0.3, -0.25) is 10.1 Å². The van der Waals surface area contributed by atoms with E-state index >= 15 is 0 Å². The number of halogens is 2. The molecule has 0 aliphatic heterocycles. The predicted molar refractivity (Wildman–Crippen MR) is 94.7 cm³/mol. The molecule has 0 unspecified atom stereocenters. The van der Waals surface area contributed by atoms with Crippen LogP contribution in [0.3, 0.4) is 0 Å². The molecule has 0 atom stereocenters. The van der Waals surface area contributed by atoms with E-state index in [1.165, 1.54) is 11.3 Å². The Kier molecular flexibility index (Phi) is 4.57. The molecule has 1 aromatic heterocycles. The highest BCUT2D eigenvalue weighted by molar-refractivity contribution is 9.10. The monoisotopic (exact) mass is 392 g/mol. The van der Waals surface area contributed by atoms with Gasteiger partial charge in [0.1, 0.15) is 0 Å². The maximum absolute atomic E-state index is 12.2. The molecule has 3 aromatic rings. The van der Waals surface area contributed by atoms with Crippen molar-refractivity contribution >= 4 is 49.9 Å². The molecule has 0 saturated heterocycles. The summed E-state index contributed by atoms with van der Waals surface area (Å²) in [4.78, 5) is 16.7. The molecule has 2 aromatic carbocycles. The lowest BCUT2D eigenvalue weighted by atomic mass is 10.2. The average Bonchev–Trinajstić information content (AvgIpc) is 2.97. The van der Waals surface area contributed by atoms with E-state index in [2.05, 4.69) is 26.2 Å². The van der Waals surface area contributed by atoms with Gasteiger partial charge in [0.2, 0.25) is 0 Å². The maximum Gasteiger partial charge on any atom is 0.258 e. The molecule has 6 heteroatoms. The minimum Gasteiger partial charge on any atom is -0.298 e.